The number of carbonyl (C=O) groups excluding carboxylic acids is 1. The van der Waals surface area contributed by atoms with Crippen LogP contribution in [-0.2, 0) is 4.79 Å². The van der Waals surface area contributed by atoms with Gasteiger partial charge in [-0.15, -0.1) is 0 Å². The van der Waals surface area contributed by atoms with Crippen molar-refractivity contribution in [3.05, 3.63) is 0 Å². The largest absolute Gasteiger partial charge is 0.391 e. The van der Waals surface area contributed by atoms with Gasteiger partial charge in [0, 0.05) is 12.5 Å². The Morgan fingerprint density at radius 1 is 1.17 bits per heavy atom. The molecule has 0 spiro atoms. The van der Waals surface area contributed by atoms with Crippen LogP contribution in [0.25, 0.3) is 0 Å². The number of aliphatic hydroxyl groups excluding tert-OH is 1. The summed E-state index contributed by atoms with van der Waals surface area (Å²) < 4.78 is 0. The molecule has 0 saturated carbocycles. The lowest BCUT2D eigenvalue weighted by Crippen LogP contribution is -2.38. The molecule has 0 aromatic rings. The molecular formula is C15H31NO2. The molecule has 0 radical (unpaired) electrons. The van der Waals surface area contributed by atoms with Crippen molar-refractivity contribution < 1.29 is 9.90 Å². The van der Waals surface area contributed by atoms with E-state index in [1.54, 1.807) is 0 Å². The number of rotatable bonds is 10. The van der Waals surface area contributed by atoms with E-state index in [-0.39, 0.29) is 17.7 Å². The van der Waals surface area contributed by atoms with E-state index < -0.39 is 6.10 Å². The Balaban J connectivity index is 3.88. The van der Waals surface area contributed by atoms with Crippen molar-refractivity contribution >= 4 is 5.91 Å². The lowest BCUT2D eigenvalue weighted by atomic mass is 9.97. The van der Waals surface area contributed by atoms with Gasteiger partial charge in [0.1, 0.15) is 0 Å². The van der Waals surface area contributed by atoms with E-state index in [9.17, 15) is 9.90 Å². The number of hydrogen-bond donors (Lipinski definition) is 2. The summed E-state index contributed by atoms with van der Waals surface area (Å²) >= 11 is 0. The molecule has 0 aliphatic heterocycles. The molecule has 0 rings (SSSR count). The fourth-order valence-corrected chi connectivity index (χ4v) is 1.92. The molecule has 2 atom stereocenters. The molecular weight excluding hydrogens is 226 g/mol. The highest BCUT2D eigenvalue weighted by Crippen LogP contribution is 2.14. The van der Waals surface area contributed by atoms with E-state index in [1.807, 2.05) is 13.8 Å². The first-order valence-electron chi connectivity index (χ1n) is 7.48. The van der Waals surface area contributed by atoms with Gasteiger partial charge in [-0.2, -0.15) is 0 Å². The van der Waals surface area contributed by atoms with E-state index >= 15 is 0 Å². The van der Waals surface area contributed by atoms with Crippen molar-refractivity contribution in [2.24, 2.45) is 11.8 Å². The quantitative estimate of drug-likeness (QED) is 0.591. The summed E-state index contributed by atoms with van der Waals surface area (Å²) in [6, 6.07) is 0. The summed E-state index contributed by atoms with van der Waals surface area (Å²) in [5.41, 5.74) is 0. The fraction of sp³-hybridized carbons (Fsp3) is 0.933. The Kier molecular flexibility index (Phi) is 10.0. The smallest absolute Gasteiger partial charge is 0.223 e. The molecule has 0 fully saturated rings. The van der Waals surface area contributed by atoms with Gasteiger partial charge in [-0.05, 0) is 18.8 Å². The minimum atomic E-state index is -0.438. The number of aliphatic hydroxyl groups is 1. The molecule has 0 aromatic heterocycles. The highest BCUT2D eigenvalue weighted by molar-refractivity contribution is 5.78. The Morgan fingerprint density at radius 2 is 1.83 bits per heavy atom. The standard InChI is InChI=1S/C15H31NO2/c1-5-7-8-9-10-13(6-2)15(18)16-11-14(17)12(3)4/h12-14,17H,5-11H2,1-4H3,(H,16,18)/t13-,14+/m1/s1. The zero-order chi connectivity index (χ0) is 14.0. The summed E-state index contributed by atoms with van der Waals surface area (Å²) in [5.74, 6) is 0.407. The fourth-order valence-electron chi connectivity index (χ4n) is 1.92. The van der Waals surface area contributed by atoms with E-state index in [4.69, 9.17) is 0 Å². The monoisotopic (exact) mass is 257 g/mol. The second kappa shape index (κ2) is 10.4. The molecule has 18 heavy (non-hydrogen) atoms. The number of unbranched alkanes of at least 4 members (excludes halogenated alkanes) is 3. The molecule has 0 bridgehead atoms. The third-order valence-corrected chi connectivity index (χ3v) is 3.52. The van der Waals surface area contributed by atoms with E-state index in [0.717, 1.165) is 19.3 Å². The van der Waals surface area contributed by atoms with Gasteiger partial charge in [-0.25, -0.2) is 0 Å². The minimum absolute atomic E-state index is 0.105. The van der Waals surface area contributed by atoms with Crippen LogP contribution in [0, 0.1) is 11.8 Å². The van der Waals surface area contributed by atoms with Crippen LogP contribution in [-0.4, -0.2) is 23.7 Å². The van der Waals surface area contributed by atoms with Gasteiger partial charge in [0.2, 0.25) is 5.91 Å². The molecule has 3 nitrogen and oxygen atoms in total. The first-order chi connectivity index (χ1) is 8.52. The maximum absolute atomic E-state index is 11.9. The first kappa shape index (κ1) is 17.4. The number of carbonyl (C=O) groups is 1. The lowest BCUT2D eigenvalue weighted by Gasteiger charge is -2.18. The van der Waals surface area contributed by atoms with Crippen LogP contribution in [0.4, 0.5) is 0 Å². The third-order valence-electron chi connectivity index (χ3n) is 3.52. The third kappa shape index (κ3) is 7.70. The molecule has 0 aliphatic carbocycles. The molecule has 3 heteroatoms. The molecule has 2 N–H and O–H groups in total. The zero-order valence-corrected chi connectivity index (χ0v) is 12.5. The van der Waals surface area contributed by atoms with Gasteiger partial charge < -0.3 is 10.4 Å². The van der Waals surface area contributed by atoms with Crippen molar-refractivity contribution in [2.75, 3.05) is 6.54 Å². The molecule has 0 unspecified atom stereocenters. The molecule has 1 amide bonds. The highest BCUT2D eigenvalue weighted by Gasteiger charge is 2.17. The van der Waals surface area contributed by atoms with Crippen LogP contribution in [0.3, 0.4) is 0 Å². The first-order valence-corrected chi connectivity index (χ1v) is 7.48. The average Bonchev–Trinajstić information content (AvgIpc) is 2.35. The maximum Gasteiger partial charge on any atom is 0.223 e. The zero-order valence-electron chi connectivity index (χ0n) is 12.5. The number of hydrogen-bond acceptors (Lipinski definition) is 2. The predicted molar refractivity (Wildman–Crippen MR) is 76.4 cm³/mol. The van der Waals surface area contributed by atoms with Crippen molar-refractivity contribution in [3.63, 3.8) is 0 Å². The van der Waals surface area contributed by atoms with Gasteiger partial charge >= 0.3 is 0 Å². The van der Waals surface area contributed by atoms with Crippen LogP contribution in [0.2, 0.25) is 0 Å². The Bertz CT molecular complexity index is 217. The maximum atomic E-state index is 11.9. The summed E-state index contributed by atoms with van der Waals surface area (Å²) in [4.78, 5) is 11.9. The molecule has 0 aromatic carbocycles. The Morgan fingerprint density at radius 3 is 2.33 bits per heavy atom. The van der Waals surface area contributed by atoms with Crippen molar-refractivity contribution in [2.45, 2.75) is 72.3 Å². The van der Waals surface area contributed by atoms with Crippen molar-refractivity contribution in [1.29, 1.82) is 0 Å². The van der Waals surface area contributed by atoms with Crippen LogP contribution in [0.5, 0.6) is 0 Å². The van der Waals surface area contributed by atoms with Crippen LogP contribution in [0.1, 0.15) is 66.2 Å². The van der Waals surface area contributed by atoms with Gasteiger partial charge in [-0.1, -0.05) is 53.4 Å². The Labute approximate surface area is 112 Å². The van der Waals surface area contributed by atoms with Crippen LogP contribution in [0.15, 0.2) is 0 Å². The normalized spacial score (nSPS) is 14.6. The van der Waals surface area contributed by atoms with E-state index in [2.05, 4.69) is 19.2 Å². The molecule has 0 saturated heterocycles. The predicted octanol–water partition coefficient (Wildman–Crippen LogP) is 3.12. The Hall–Kier alpha value is -0.570. The second-order valence-corrected chi connectivity index (χ2v) is 5.51. The van der Waals surface area contributed by atoms with Gasteiger partial charge in [0.15, 0.2) is 0 Å². The van der Waals surface area contributed by atoms with E-state index in [0.29, 0.717) is 6.54 Å². The number of amides is 1. The molecule has 108 valence electrons. The minimum Gasteiger partial charge on any atom is -0.391 e. The van der Waals surface area contributed by atoms with Crippen molar-refractivity contribution in [3.8, 4) is 0 Å². The van der Waals surface area contributed by atoms with Gasteiger partial charge in [-0.3, -0.25) is 4.79 Å². The SMILES string of the molecule is CCCCCC[C@@H](CC)C(=O)NC[C@H](O)C(C)C. The topological polar surface area (TPSA) is 49.3 Å². The summed E-state index contributed by atoms with van der Waals surface area (Å²) in [6.45, 7) is 8.54. The van der Waals surface area contributed by atoms with Gasteiger partial charge in [0.05, 0.1) is 6.10 Å². The molecule has 0 heterocycles. The average molecular weight is 257 g/mol. The van der Waals surface area contributed by atoms with Crippen LogP contribution >= 0.6 is 0 Å². The highest BCUT2D eigenvalue weighted by atomic mass is 16.3. The summed E-state index contributed by atoms with van der Waals surface area (Å²) in [7, 11) is 0. The van der Waals surface area contributed by atoms with E-state index in [1.165, 1.54) is 19.3 Å². The van der Waals surface area contributed by atoms with Crippen molar-refractivity contribution in [1.82, 2.24) is 5.32 Å². The second-order valence-electron chi connectivity index (χ2n) is 5.51. The van der Waals surface area contributed by atoms with Gasteiger partial charge in [0.25, 0.3) is 0 Å². The number of nitrogens with one attached hydrogen (secondary N) is 1. The molecule has 0 aliphatic rings. The lowest BCUT2D eigenvalue weighted by molar-refractivity contribution is -0.125. The van der Waals surface area contributed by atoms with Crippen LogP contribution < -0.4 is 5.32 Å². The summed E-state index contributed by atoms with van der Waals surface area (Å²) in [5, 5.41) is 12.5. The summed E-state index contributed by atoms with van der Waals surface area (Å²) in [6.07, 6.45) is 6.25.